The summed E-state index contributed by atoms with van der Waals surface area (Å²) < 4.78 is 1.84. The summed E-state index contributed by atoms with van der Waals surface area (Å²) in [5.74, 6) is 0. The molecule has 1 fully saturated rings. The zero-order valence-electron chi connectivity index (χ0n) is 12.5. The van der Waals surface area contributed by atoms with Crippen molar-refractivity contribution in [3.63, 3.8) is 0 Å². The molecule has 1 aromatic heterocycles. The highest BCUT2D eigenvalue weighted by molar-refractivity contribution is 5.31. The maximum absolute atomic E-state index is 9.60. The number of hydrogen-bond acceptors (Lipinski definition) is 3. The first-order chi connectivity index (χ1) is 8.93. The lowest BCUT2D eigenvalue weighted by Crippen LogP contribution is -2.34. The highest BCUT2D eigenvalue weighted by Crippen LogP contribution is 2.32. The molecule has 0 N–H and O–H groups in total. The Morgan fingerprint density at radius 2 is 1.89 bits per heavy atom. The van der Waals surface area contributed by atoms with Gasteiger partial charge in [-0.2, -0.15) is 10.4 Å². The number of hydrogen-bond donors (Lipinski definition) is 0. The van der Waals surface area contributed by atoms with Gasteiger partial charge in [0.05, 0.1) is 11.8 Å². The summed E-state index contributed by atoms with van der Waals surface area (Å²) in [7, 11) is 1.93. The summed E-state index contributed by atoms with van der Waals surface area (Å²) in [4.78, 5) is 2.30. The first-order valence-electron chi connectivity index (χ1n) is 7.11. The average Bonchev–Trinajstić information content (AvgIpc) is 2.73. The summed E-state index contributed by atoms with van der Waals surface area (Å²) in [6.45, 7) is 8.52. The van der Waals surface area contributed by atoms with Crippen molar-refractivity contribution in [1.82, 2.24) is 14.7 Å². The zero-order valence-corrected chi connectivity index (χ0v) is 12.5. The summed E-state index contributed by atoms with van der Waals surface area (Å²) in [6.07, 6.45) is 5.70. The molecule has 1 unspecified atom stereocenters. The quantitative estimate of drug-likeness (QED) is 0.821. The van der Waals surface area contributed by atoms with Crippen molar-refractivity contribution in [2.24, 2.45) is 7.05 Å². The van der Waals surface area contributed by atoms with E-state index < -0.39 is 0 Å². The van der Waals surface area contributed by atoms with Crippen LogP contribution in [-0.2, 0) is 12.5 Å². The predicted octanol–water partition coefficient (Wildman–Crippen LogP) is 2.77. The Balaban J connectivity index is 2.35. The minimum Gasteiger partial charge on any atom is -0.284 e. The van der Waals surface area contributed by atoms with E-state index in [0.717, 1.165) is 24.3 Å². The van der Waals surface area contributed by atoms with Crippen LogP contribution >= 0.6 is 0 Å². The van der Waals surface area contributed by atoms with Crippen LogP contribution in [0.2, 0.25) is 0 Å². The molecule has 0 aliphatic carbocycles. The molecule has 1 saturated heterocycles. The molecule has 0 saturated carbocycles. The van der Waals surface area contributed by atoms with Crippen LogP contribution < -0.4 is 0 Å². The van der Waals surface area contributed by atoms with Crippen molar-refractivity contribution in [1.29, 1.82) is 5.26 Å². The van der Waals surface area contributed by atoms with E-state index in [9.17, 15) is 5.26 Å². The van der Waals surface area contributed by atoms with E-state index in [1.807, 2.05) is 17.9 Å². The minimum absolute atomic E-state index is 0.0263. The molecule has 2 rings (SSSR count). The SMILES string of the molecule is Cn1cc(C(C#N)N2CCCCC2)c(C(C)(C)C)n1. The Bertz CT molecular complexity index is 469. The van der Waals surface area contributed by atoms with Crippen LogP contribution in [-0.4, -0.2) is 27.8 Å². The molecule has 104 valence electrons. The van der Waals surface area contributed by atoms with Crippen LogP contribution in [0.4, 0.5) is 0 Å². The first kappa shape index (κ1) is 14.1. The van der Waals surface area contributed by atoms with E-state index in [0.29, 0.717) is 0 Å². The largest absolute Gasteiger partial charge is 0.284 e. The van der Waals surface area contributed by atoms with Gasteiger partial charge in [-0.25, -0.2) is 0 Å². The van der Waals surface area contributed by atoms with E-state index in [4.69, 9.17) is 0 Å². The van der Waals surface area contributed by atoms with E-state index in [1.54, 1.807) is 0 Å². The molecule has 0 bridgehead atoms. The van der Waals surface area contributed by atoms with E-state index >= 15 is 0 Å². The Labute approximate surface area is 116 Å². The molecule has 1 aliphatic rings. The molecule has 0 spiro atoms. The number of piperidine rings is 1. The highest BCUT2D eigenvalue weighted by atomic mass is 15.3. The van der Waals surface area contributed by atoms with Crippen LogP contribution in [0.25, 0.3) is 0 Å². The highest BCUT2D eigenvalue weighted by Gasteiger charge is 2.30. The minimum atomic E-state index is -0.150. The van der Waals surface area contributed by atoms with Crippen LogP contribution in [0.15, 0.2) is 6.20 Å². The monoisotopic (exact) mass is 260 g/mol. The van der Waals surface area contributed by atoms with Gasteiger partial charge in [-0.05, 0) is 25.9 Å². The summed E-state index contributed by atoms with van der Waals surface area (Å²) in [5, 5.41) is 14.2. The molecule has 2 heterocycles. The van der Waals surface area contributed by atoms with Crippen LogP contribution in [0.1, 0.15) is 57.3 Å². The van der Waals surface area contributed by atoms with Gasteiger partial charge in [0.2, 0.25) is 0 Å². The standard InChI is InChI=1S/C15H24N4/c1-15(2,3)14-12(11-18(4)17-14)13(10-16)19-8-6-5-7-9-19/h11,13H,5-9H2,1-4H3. The molecule has 0 radical (unpaired) electrons. The molecule has 19 heavy (non-hydrogen) atoms. The van der Waals surface area contributed by atoms with Gasteiger partial charge in [0, 0.05) is 24.2 Å². The third-order valence-electron chi connectivity index (χ3n) is 3.74. The molecule has 1 atom stereocenters. The van der Waals surface area contributed by atoms with E-state index in [2.05, 4.69) is 36.8 Å². The summed E-state index contributed by atoms with van der Waals surface area (Å²) >= 11 is 0. The first-order valence-corrected chi connectivity index (χ1v) is 7.11. The van der Waals surface area contributed by atoms with Crippen LogP contribution in [0, 0.1) is 11.3 Å². The number of likely N-dealkylation sites (tertiary alicyclic amines) is 1. The lowest BCUT2D eigenvalue weighted by atomic mass is 9.87. The second kappa shape index (κ2) is 5.34. The molecule has 0 aromatic carbocycles. The van der Waals surface area contributed by atoms with Crippen molar-refractivity contribution < 1.29 is 0 Å². The van der Waals surface area contributed by atoms with Gasteiger partial charge in [0.25, 0.3) is 0 Å². The maximum Gasteiger partial charge on any atom is 0.127 e. The van der Waals surface area contributed by atoms with E-state index in [1.165, 1.54) is 19.3 Å². The Kier molecular flexibility index (Phi) is 3.96. The van der Waals surface area contributed by atoms with Gasteiger partial charge in [-0.15, -0.1) is 0 Å². The maximum atomic E-state index is 9.60. The van der Waals surface area contributed by atoms with Crippen LogP contribution in [0.5, 0.6) is 0 Å². The smallest absolute Gasteiger partial charge is 0.127 e. The third-order valence-corrected chi connectivity index (χ3v) is 3.74. The van der Waals surface area contributed by atoms with Crippen molar-refractivity contribution in [3.05, 3.63) is 17.5 Å². The molecular formula is C15H24N4. The fourth-order valence-corrected chi connectivity index (χ4v) is 2.81. The predicted molar refractivity (Wildman–Crippen MR) is 75.7 cm³/mol. The third kappa shape index (κ3) is 2.98. The summed E-state index contributed by atoms with van der Waals surface area (Å²) in [6, 6.07) is 2.34. The number of rotatable bonds is 2. The molecule has 1 aliphatic heterocycles. The Morgan fingerprint density at radius 3 is 2.42 bits per heavy atom. The Hall–Kier alpha value is -1.34. The van der Waals surface area contributed by atoms with Crippen molar-refractivity contribution in [3.8, 4) is 6.07 Å². The fourth-order valence-electron chi connectivity index (χ4n) is 2.81. The van der Waals surface area contributed by atoms with Gasteiger partial charge in [-0.1, -0.05) is 27.2 Å². The molecule has 0 amide bonds. The molecule has 1 aromatic rings. The lowest BCUT2D eigenvalue weighted by molar-refractivity contribution is 0.194. The normalized spacial score (nSPS) is 19.1. The van der Waals surface area contributed by atoms with Gasteiger partial charge in [-0.3, -0.25) is 9.58 Å². The second-order valence-corrected chi connectivity index (χ2v) is 6.48. The Morgan fingerprint density at radius 1 is 1.26 bits per heavy atom. The molecule has 4 heteroatoms. The molecular weight excluding hydrogens is 236 g/mol. The van der Waals surface area contributed by atoms with Crippen molar-refractivity contribution in [2.45, 2.75) is 51.5 Å². The lowest BCUT2D eigenvalue weighted by Gasteiger charge is -2.31. The van der Waals surface area contributed by atoms with Crippen molar-refractivity contribution >= 4 is 0 Å². The number of nitriles is 1. The van der Waals surface area contributed by atoms with E-state index in [-0.39, 0.29) is 11.5 Å². The molecule has 4 nitrogen and oxygen atoms in total. The van der Waals surface area contributed by atoms with Gasteiger partial charge in [0.15, 0.2) is 0 Å². The van der Waals surface area contributed by atoms with Gasteiger partial charge >= 0.3 is 0 Å². The summed E-state index contributed by atoms with van der Waals surface area (Å²) in [5.41, 5.74) is 2.10. The average molecular weight is 260 g/mol. The van der Waals surface area contributed by atoms with Crippen molar-refractivity contribution in [2.75, 3.05) is 13.1 Å². The van der Waals surface area contributed by atoms with Gasteiger partial charge in [0.1, 0.15) is 6.04 Å². The zero-order chi connectivity index (χ0) is 14.0. The second-order valence-electron chi connectivity index (χ2n) is 6.48. The topological polar surface area (TPSA) is 44.9 Å². The number of nitrogens with zero attached hydrogens (tertiary/aromatic N) is 4. The van der Waals surface area contributed by atoms with Crippen LogP contribution in [0.3, 0.4) is 0 Å². The number of aryl methyl sites for hydroxylation is 1. The number of aromatic nitrogens is 2. The fraction of sp³-hybridized carbons (Fsp3) is 0.733. The van der Waals surface area contributed by atoms with Gasteiger partial charge < -0.3 is 0 Å².